The van der Waals surface area contributed by atoms with E-state index >= 15 is 0 Å². The molecule has 1 unspecified atom stereocenters. The summed E-state index contributed by atoms with van der Waals surface area (Å²) in [5, 5.41) is 7.63. The summed E-state index contributed by atoms with van der Waals surface area (Å²) in [4.78, 5) is 35.9. The summed E-state index contributed by atoms with van der Waals surface area (Å²) >= 11 is 0. The molecule has 1 aromatic carbocycles. The molecule has 0 spiro atoms. The van der Waals surface area contributed by atoms with Crippen molar-refractivity contribution in [3.8, 4) is 0 Å². The van der Waals surface area contributed by atoms with E-state index in [1.54, 1.807) is 26.4 Å². The molecule has 220 valence electrons. The quantitative estimate of drug-likeness (QED) is 0.449. The van der Waals surface area contributed by atoms with Crippen molar-refractivity contribution >= 4 is 29.4 Å². The predicted octanol–water partition coefficient (Wildman–Crippen LogP) is 5.46. The maximum absolute atomic E-state index is 14.6. The molecule has 3 amide bonds. The molecule has 41 heavy (non-hydrogen) atoms. The lowest BCUT2D eigenvalue weighted by Crippen LogP contribution is -2.59. The number of piperazine rings is 1. The maximum Gasteiger partial charge on any atom is 0.410 e. The molecule has 5 rings (SSSR count). The van der Waals surface area contributed by atoms with Gasteiger partial charge in [0.1, 0.15) is 23.1 Å². The lowest BCUT2D eigenvalue weighted by molar-refractivity contribution is -0.00386. The number of carbonyl (C=O) groups excluding carboxylic acids is 2. The van der Waals surface area contributed by atoms with Crippen molar-refractivity contribution in [3.63, 3.8) is 0 Å². The molecule has 0 bridgehead atoms. The number of amides is 3. The minimum atomic E-state index is -0.609. The number of halogens is 2. The van der Waals surface area contributed by atoms with E-state index in [0.717, 1.165) is 18.6 Å². The van der Waals surface area contributed by atoms with Crippen LogP contribution in [-0.4, -0.2) is 74.3 Å². The fourth-order valence-electron chi connectivity index (χ4n) is 5.54. The number of hydrogen-bond acceptors (Lipinski definition) is 6. The van der Waals surface area contributed by atoms with Gasteiger partial charge in [-0.1, -0.05) is 13.8 Å². The maximum atomic E-state index is 14.6. The Hall–Kier alpha value is -3.96. The Morgan fingerprint density at radius 3 is 2.61 bits per heavy atom. The smallest absolute Gasteiger partial charge is 0.410 e. The van der Waals surface area contributed by atoms with Crippen molar-refractivity contribution in [2.45, 2.75) is 65.1 Å². The second-order valence-electron chi connectivity index (χ2n) is 12.0. The number of carbonyl (C=O) groups is 2. The highest BCUT2D eigenvalue weighted by molar-refractivity contribution is 5.89. The Labute approximate surface area is 238 Å². The van der Waals surface area contributed by atoms with Crippen LogP contribution in [0, 0.1) is 17.6 Å². The van der Waals surface area contributed by atoms with Crippen molar-refractivity contribution in [2.24, 2.45) is 5.92 Å². The number of ether oxygens (including phenoxy) is 1. The number of aromatic nitrogens is 3. The number of benzene rings is 1. The Bertz CT molecular complexity index is 1440. The average Bonchev–Trinajstić information content (AvgIpc) is 3.56. The Kier molecular flexibility index (Phi) is 7.76. The third-order valence-corrected chi connectivity index (χ3v) is 7.55. The zero-order valence-electron chi connectivity index (χ0n) is 24.1. The van der Waals surface area contributed by atoms with Gasteiger partial charge in [-0.15, -0.1) is 5.10 Å². The van der Waals surface area contributed by atoms with Gasteiger partial charge in [-0.2, -0.15) is 4.52 Å². The zero-order valence-corrected chi connectivity index (χ0v) is 24.1. The number of fused-ring (bicyclic) bond motifs is 1. The number of hydrogen-bond donors (Lipinski definition) is 1. The van der Waals surface area contributed by atoms with Crippen LogP contribution in [0.25, 0.3) is 5.65 Å². The van der Waals surface area contributed by atoms with Crippen molar-refractivity contribution in [2.75, 3.05) is 36.4 Å². The molecular formula is C29H37F2N7O3. The summed E-state index contributed by atoms with van der Waals surface area (Å²) in [6.45, 7) is 11.2. The van der Waals surface area contributed by atoms with E-state index in [2.05, 4.69) is 10.3 Å². The van der Waals surface area contributed by atoms with E-state index in [4.69, 9.17) is 9.84 Å². The van der Waals surface area contributed by atoms with Gasteiger partial charge in [0, 0.05) is 31.7 Å². The van der Waals surface area contributed by atoms with E-state index in [9.17, 15) is 18.4 Å². The number of rotatable bonds is 4. The fourth-order valence-corrected chi connectivity index (χ4v) is 5.54. The molecule has 0 aliphatic carbocycles. The second-order valence-corrected chi connectivity index (χ2v) is 12.0. The van der Waals surface area contributed by atoms with Crippen LogP contribution >= 0.6 is 0 Å². The average molecular weight is 570 g/mol. The molecule has 2 saturated heterocycles. The molecule has 1 N–H and O–H groups in total. The molecule has 0 radical (unpaired) electrons. The third kappa shape index (κ3) is 6.06. The molecular weight excluding hydrogens is 532 g/mol. The lowest BCUT2D eigenvalue weighted by atomic mass is 10.00. The molecule has 0 saturated carbocycles. The summed E-state index contributed by atoms with van der Waals surface area (Å²) in [7, 11) is 0. The number of imidazole rings is 1. The van der Waals surface area contributed by atoms with E-state index in [1.165, 1.54) is 12.3 Å². The van der Waals surface area contributed by atoms with Gasteiger partial charge in [0.05, 0.1) is 18.3 Å². The van der Waals surface area contributed by atoms with Gasteiger partial charge in [0.25, 0.3) is 0 Å². The first-order valence-electron chi connectivity index (χ1n) is 14.0. The van der Waals surface area contributed by atoms with E-state index in [1.807, 2.05) is 39.5 Å². The van der Waals surface area contributed by atoms with Crippen molar-refractivity contribution in [3.05, 3.63) is 53.7 Å². The molecule has 2 fully saturated rings. The summed E-state index contributed by atoms with van der Waals surface area (Å²) in [5.41, 5.74) is 0.225. The monoisotopic (exact) mass is 569 g/mol. The van der Waals surface area contributed by atoms with Crippen LogP contribution in [0.5, 0.6) is 0 Å². The predicted molar refractivity (Wildman–Crippen MR) is 151 cm³/mol. The van der Waals surface area contributed by atoms with Crippen LogP contribution in [0.3, 0.4) is 0 Å². The topological polar surface area (TPSA) is 95.3 Å². The van der Waals surface area contributed by atoms with E-state index < -0.39 is 17.2 Å². The molecule has 2 aromatic heterocycles. The van der Waals surface area contributed by atoms with Gasteiger partial charge < -0.3 is 19.4 Å². The van der Waals surface area contributed by atoms with Gasteiger partial charge in [-0.05, 0) is 69.9 Å². The van der Waals surface area contributed by atoms with Crippen LogP contribution in [0.4, 0.5) is 30.0 Å². The number of urea groups is 1. The zero-order chi connectivity index (χ0) is 29.5. The molecule has 3 aromatic rings. The van der Waals surface area contributed by atoms with E-state index in [-0.39, 0.29) is 30.1 Å². The van der Waals surface area contributed by atoms with Crippen LogP contribution in [-0.2, 0) is 4.74 Å². The highest BCUT2D eigenvalue weighted by atomic mass is 19.1. The van der Waals surface area contributed by atoms with Crippen molar-refractivity contribution in [1.29, 1.82) is 0 Å². The molecule has 2 aliphatic heterocycles. The van der Waals surface area contributed by atoms with Crippen molar-refractivity contribution in [1.82, 2.24) is 24.4 Å². The van der Waals surface area contributed by atoms with Gasteiger partial charge in [0.2, 0.25) is 0 Å². The third-order valence-electron chi connectivity index (χ3n) is 7.55. The van der Waals surface area contributed by atoms with Crippen LogP contribution in [0.2, 0.25) is 0 Å². The first-order valence-corrected chi connectivity index (χ1v) is 14.0. The summed E-state index contributed by atoms with van der Waals surface area (Å²) < 4.78 is 35.7. The lowest BCUT2D eigenvalue weighted by Gasteiger charge is -2.43. The normalized spacial score (nSPS) is 19.8. The van der Waals surface area contributed by atoms with Gasteiger partial charge in [-0.25, -0.2) is 23.4 Å². The Morgan fingerprint density at radius 2 is 1.88 bits per heavy atom. The van der Waals surface area contributed by atoms with Gasteiger partial charge >= 0.3 is 12.1 Å². The minimum Gasteiger partial charge on any atom is -0.444 e. The van der Waals surface area contributed by atoms with Crippen molar-refractivity contribution < 1.29 is 23.1 Å². The molecule has 4 heterocycles. The second kappa shape index (κ2) is 11.1. The minimum absolute atomic E-state index is 0.106. The Balaban J connectivity index is 1.33. The van der Waals surface area contributed by atoms with Gasteiger partial charge in [0.15, 0.2) is 11.5 Å². The first kappa shape index (κ1) is 28.6. The largest absolute Gasteiger partial charge is 0.444 e. The van der Waals surface area contributed by atoms with Crippen LogP contribution < -0.4 is 10.2 Å². The number of anilines is 2. The molecule has 12 heteroatoms. The molecule has 10 nitrogen and oxygen atoms in total. The highest BCUT2D eigenvalue weighted by Crippen LogP contribution is 2.37. The number of nitrogens with zero attached hydrogens (tertiary/aromatic N) is 6. The SMILES string of the molecule is CC(C)C1CN(C(=O)Nc2cnc3ccc(N4CCC[C@@H]4c4cc(F)ccc4F)nn23)CCN1C(=O)OC(C)(C)C. The fraction of sp³-hybridized carbons (Fsp3) is 0.517. The van der Waals surface area contributed by atoms with E-state index in [0.29, 0.717) is 55.4 Å². The molecule has 2 aliphatic rings. The van der Waals surface area contributed by atoms with Crippen LogP contribution in [0.15, 0.2) is 36.5 Å². The Morgan fingerprint density at radius 1 is 1.10 bits per heavy atom. The highest BCUT2D eigenvalue weighted by Gasteiger charge is 2.37. The number of nitrogens with one attached hydrogen (secondary N) is 1. The summed E-state index contributed by atoms with van der Waals surface area (Å²) in [6.07, 6.45) is 2.63. The standard InChI is InChI=1S/C29H37F2N7O3/c1-18(2)23-17-35(13-14-37(23)28(40)41-29(3,4)5)27(39)33-26-16-32-24-10-11-25(34-38(24)26)36-12-6-7-22(36)20-15-19(30)8-9-21(20)31/h8-11,15-16,18,22-23H,6-7,12-14,17H2,1-5H3,(H,33,39)/t22-,23?/m1/s1. The van der Waals surface area contributed by atoms with Crippen LogP contribution in [0.1, 0.15) is 59.1 Å². The summed E-state index contributed by atoms with van der Waals surface area (Å²) in [5.74, 6) is 0.127. The van der Waals surface area contributed by atoms with Gasteiger partial charge in [-0.3, -0.25) is 5.32 Å². The summed E-state index contributed by atoms with van der Waals surface area (Å²) in [6, 6.07) is 6.21. The first-order chi connectivity index (χ1) is 19.4. The molecule has 2 atom stereocenters.